The van der Waals surface area contributed by atoms with Crippen LogP contribution in [0.2, 0.25) is 0 Å². The number of methoxy groups -OCH3 is 1. The molecule has 0 saturated carbocycles. The Bertz CT molecular complexity index is 475. The van der Waals surface area contributed by atoms with Gasteiger partial charge >= 0.3 is 11.9 Å². The Morgan fingerprint density at radius 2 is 2.06 bits per heavy atom. The van der Waals surface area contributed by atoms with Gasteiger partial charge in [-0.25, -0.2) is 4.79 Å². The van der Waals surface area contributed by atoms with Crippen LogP contribution in [0.15, 0.2) is 0 Å². The minimum Gasteiger partial charge on any atom is -0.469 e. The molecule has 0 unspecified atom stereocenters. The molecule has 0 aromatic carbocycles. The van der Waals surface area contributed by atoms with E-state index in [1.54, 1.807) is 13.8 Å². The molecule has 1 rings (SSSR count). The van der Waals surface area contributed by atoms with Crippen molar-refractivity contribution in [3.8, 4) is 0 Å². The lowest BCUT2D eigenvalue weighted by Gasteiger charge is -2.02. The number of aromatic nitrogens is 1. The number of H-pyrrole nitrogens is 1. The molecule has 0 atom stereocenters. The monoisotopic (exact) mass is 253 g/mol. The van der Waals surface area contributed by atoms with Crippen molar-refractivity contribution in [2.45, 2.75) is 20.3 Å². The van der Waals surface area contributed by atoms with Crippen LogP contribution in [-0.4, -0.2) is 36.9 Å². The zero-order valence-electron chi connectivity index (χ0n) is 10.5. The standard InChI is InChI=1S/C12H15NO5/c1-4-18-12(16)11-7(2)8(5-10(15)17-3)9(6-14)13-11/h6,13H,4-5H2,1-3H3. The highest BCUT2D eigenvalue weighted by Crippen LogP contribution is 2.19. The van der Waals surface area contributed by atoms with Gasteiger partial charge in [-0.15, -0.1) is 0 Å². The predicted molar refractivity (Wildman–Crippen MR) is 62.6 cm³/mol. The second-order valence-corrected chi connectivity index (χ2v) is 3.61. The third-order valence-electron chi connectivity index (χ3n) is 2.56. The van der Waals surface area contributed by atoms with E-state index >= 15 is 0 Å². The van der Waals surface area contributed by atoms with Crippen LogP contribution in [0.25, 0.3) is 0 Å². The summed E-state index contributed by atoms with van der Waals surface area (Å²) in [6, 6.07) is 0. The summed E-state index contributed by atoms with van der Waals surface area (Å²) in [6.45, 7) is 3.57. The molecule has 0 amide bonds. The third kappa shape index (κ3) is 2.77. The second kappa shape index (κ2) is 6.00. The van der Waals surface area contributed by atoms with Gasteiger partial charge in [-0.1, -0.05) is 0 Å². The van der Waals surface area contributed by atoms with Crippen molar-refractivity contribution in [1.82, 2.24) is 4.98 Å². The highest BCUT2D eigenvalue weighted by molar-refractivity contribution is 5.93. The molecular formula is C12H15NO5. The van der Waals surface area contributed by atoms with Gasteiger partial charge in [0.1, 0.15) is 5.69 Å². The smallest absolute Gasteiger partial charge is 0.355 e. The number of hydrogen-bond acceptors (Lipinski definition) is 5. The van der Waals surface area contributed by atoms with Gasteiger partial charge in [-0.05, 0) is 25.0 Å². The highest BCUT2D eigenvalue weighted by atomic mass is 16.5. The van der Waals surface area contributed by atoms with Crippen LogP contribution < -0.4 is 0 Å². The maximum absolute atomic E-state index is 11.6. The summed E-state index contributed by atoms with van der Waals surface area (Å²) >= 11 is 0. The summed E-state index contributed by atoms with van der Waals surface area (Å²) in [4.78, 5) is 36.4. The van der Waals surface area contributed by atoms with Gasteiger partial charge in [-0.2, -0.15) is 0 Å². The van der Waals surface area contributed by atoms with E-state index in [4.69, 9.17) is 4.74 Å². The summed E-state index contributed by atoms with van der Waals surface area (Å²) in [5.74, 6) is -1.02. The van der Waals surface area contributed by atoms with Gasteiger partial charge in [0.15, 0.2) is 6.29 Å². The lowest BCUT2D eigenvalue weighted by molar-refractivity contribution is -0.139. The Kier molecular flexibility index (Phi) is 4.65. The highest BCUT2D eigenvalue weighted by Gasteiger charge is 2.21. The fourth-order valence-electron chi connectivity index (χ4n) is 1.61. The molecule has 0 aliphatic heterocycles. The summed E-state index contributed by atoms with van der Waals surface area (Å²) < 4.78 is 9.39. The van der Waals surface area contributed by atoms with E-state index in [9.17, 15) is 14.4 Å². The molecule has 1 aromatic heterocycles. The number of aromatic amines is 1. The van der Waals surface area contributed by atoms with E-state index in [1.165, 1.54) is 7.11 Å². The largest absolute Gasteiger partial charge is 0.469 e. The summed E-state index contributed by atoms with van der Waals surface area (Å²) in [5.41, 5.74) is 1.37. The van der Waals surface area contributed by atoms with Gasteiger partial charge in [0.25, 0.3) is 0 Å². The average molecular weight is 253 g/mol. The first kappa shape index (κ1) is 14.0. The van der Waals surface area contributed by atoms with Gasteiger partial charge in [0, 0.05) is 0 Å². The molecule has 6 heteroatoms. The predicted octanol–water partition coefficient (Wildman–Crippen LogP) is 1.03. The molecule has 0 aliphatic carbocycles. The number of hydrogen-bond donors (Lipinski definition) is 1. The van der Waals surface area contributed by atoms with E-state index < -0.39 is 11.9 Å². The Hall–Kier alpha value is -2.11. The summed E-state index contributed by atoms with van der Waals surface area (Å²) in [7, 11) is 1.26. The van der Waals surface area contributed by atoms with Crippen LogP contribution in [0, 0.1) is 6.92 Å². The molecule has 1 aromatic rings. The number of rotatable bonds is 5. The fraction of sp³-hybridized carbons (Fsp3) is 0.417. The summed E-state index contributed by atoms with van der Waals surface area (Å²) in [6.07, 6.45) is 0.500. The van der Waals surface area contributed by atoms with Crippen molar-refractivity contribution in [2.24, 2.45) is 0 Å². The van der Waals surface area contributed by atoms with Crippen molar-refractivity contribution in [3.63, 3.8) is 0 Å². The number of carbonyl (C=O) groups is 3. The van der Waals surface area contributed by atoms with E-state index in [0.29, 0.717) is 17.4 Å². The SMILES string of the molecule is CCOC(=O)c1[nH]c(C=O)c(CC(=O)OC)c1C. The number of esters is 2. The van der Waals surface area contributed by atoms with E-state index in [2.05, 4.69) is 9.72 Å². The quantitative estimate of drug-likeness (QED) is 0.625. The van der Waals surface area contributed by atoms with Gasteiger partial charge < -0.3 is 14.5 Å². The fourth-order valence-corrected chi connectivity index (χ4v) is 1.61. The van der Waals surface area contributed by atoms with Crippen LogP contribution in [0.4, 0.5) is 0 Å². The van der Waals surface area contributed by atoms with Crippen LogP contribution in [0.3, 0.4) is 0 Å². The molecule has 0 aliphatic rings. The van der Waals surface area contributed by atoms with Crippen molar-refractivity contribution in [2.75, 3.05) is 13.7 Å². The van der Waals surface area contributed by atoms with Crippen LogP contribution in [0.5, 0.6) is 0 Å². The van der Waals surface area contributed by atoms with E-state index in [0.717, 1.165) is 0 Å². The van der Waals surface area contributed by atoms with Crippen LogP contribution in [0.1, 0.15) is 39.0 Å². The zero-order chi connectivity index (χ0) is 13.7. The lowest BCUT2D eigenvalue weighted by atomic mass is 10.1. The van der Waals surface area contributed by atoms with Gasteiger partial charge in [0.05, 0.1) is 25.8 Å². The topological polar surface area (TPSA) is 85.5 Å². The van der Waals surface area contributed by atoms with E-state index in [-0.39, 0.29) is 24.4 Å². The second-order valence-electron chi connectivity index (χ2n) is 3.61. The van der Waals surface area contributed by atoms with E-state index in [1.807, 2.05) is 0 Å². The maximum Gasteiger partial charge on any atom is 0.355 e. The summed E-state index contributed by atoms with van der Waals surface area (Å²) in [5, 5.41) is 0. The zero-order valence-corrected chi connectivity index (χ0v) is 10.5. The molecule has 0 saturated heterocycles. The first-order chi connectivity index (χ1) is 8.54. The number of nitrogens with one attached hydrogen (secondary N) is 1. The van der Waals surface area contributed by atoms with Crippen molar-refractivity contribution < 1.29 is 23.9 Å². The average Bonchev–Trinajstić information content (AvgIpc) is 2.67. The molecule has 0 fully saturated rings. The van der Waals surface area contributed by atoms with Crippen LogP contribution in [-0.2, 0) is 20.7 Å². The minimum atomic E-state index is -0.547. The minimum absolute atomic E-state index is 0.0632. The molecule has 98 valence electrons. The van der Waals surface area contributed by atoms with Crippen LogP contribution >= 0.6 is 0 Å². The maximum atomic E-state index is 11.6. The molecule has 0 radical (unpaired) electrons. The van der Waals surface area contributed by atoms with Crippen molar-refractivity contribution >= 4 is 18.2 Å². The lowest BCUT2D eigenvalue weighted by Crippen LogP contribution is -2.08. The molecule has 18 heavy (non-hydrogen) atoms. The van der Waals surface area contributed by atoms with Crippen molar-refractivity contribution in [3.05, 3.63) is 22.5 Å². The Balaban J connectivity index is 3.13. The van der Waals surface area contributed by atoms with Gasteiger partial charge in [-0.3, -0.25) is 9.59 Å². The Morgan fingerprint density at radius 3 is 2.56 bits per heavy atom. The van der Waals surface area contributed by atoms with Crippen molar-refractivity contribution in [1.29, 1.82) is 0 Å². The first-order valence-electron chi connectivity index (χ1n) is 5.45. The van der Waals surface area contributed by atoms with Gasteiger partial charge in [0.2, 0.25) is 0 Å². The number of carbonyl (C=O) groups excluding carboxylic acids is 3. The third-order valence-corrected chi connectivity index (χ3v) is 2.56. The molecule has 1 heterocycles. The normalized spacial score (nSPS) is 9.94. The number of aldehydes is 1. The molecule has 1 N–H and O–H groups in total. The Morgan fingerprint density at radius 1 is 1.39 bits per heavy atom. The molecule has 6 nitrogen and oxygen atoms in total. The first-order valence-corrected chi connectivity index (χ1v) is 5.45. The molecule has 0 bridgehead atoms. The molecule has 0 spiro atoms. The number of ether oxygens (including phenoxy) is 2. The Labute approximate surface area is 104 Å². The molecular weight excluding hydrogens is 238 g/mol.